The van der Waals surface area contributed by atoms with Gasteiger partial charge in [0.15, 0.2) is 5.79 Å². The van der Waals surface area contributed by atoms with Crippen LogP contribution in [0.4, 0.5) is 0 Å². The molecule has 0 saturated carbocycles. The molecule has 0 aliphatic carbocycles. The average Bonchev–Trinajstić information content (AvgIpc) is 2.95. The Kier molecular flexibility index (Phi) is 16.1. The molecule has 0 aromatic carbocycles. The lowest BCUT2D eigenvalue weighted by molar-refractivity contribution is -0.303. The van der Waals surface area contributed by atoms with Crippen molar-refractivity contribution in [2.75, 3.05) is 20.8 Å². The molecule has 2 aliphatic rings. The quantitative estimate of drug-likeness (QED) is 0.0926. The first-order valence-corrected chi connectivity index (χ1v) is 15.5. The van der Waals surface area contributed by atoms with Crippen molar-refractivity contribution in [3.63, 3.8) is 0 Å². The van der Waals surface area contributed by atoms with Gasteiger partial charge in [0, 0.05) is 66.6 Å². The van der Waals surface area contributed by atoms with Crippen LogP contribution >= 0.6 is 27.5 Å². The van der Waals surface area contributed by atoms with E-state index in [1.165, 1.54) is 18.8 Å². The van der Waals surface area contributed by atoms with Crippen molar-refractivity contribution in [2.24, 2.45) is 11.8 Å². The van der Waals surface area contributed by atoms with Crippen LogP contribution < -0.4 is 5.32 Å². The van der Waals surface area contributed by atoms with E-state index in [1.54, 1.807) is 12.6 Å². The fraction of sp³-hybridized carbons (Fsp3) is 0.677. The van der Waals surface area contributed by atoms with Gasteiger partial charge in [-0.05, 0) is 42.9 Å². The van der Waals surface area contributed by atoms with Crippen molar-refractivity contribution < 1.29 is 33.6 Å². The number of halogens is 2. The van der Waals surface area contributed by atoms with Crippen LogP contribution in [-0.4, -0.2) is 61.8 Å². The van der Waals surface area contributed by atoms with Crippen molar-refractivity contribution >= 4 is 39.4 Å². The van der Waals surface area contributed by atoms with Crippen LogP contribution in [0.25, 0.3) is 0 Å². The molecular weight excluding hydrogens is 614 g/mol. The zero-order chi connectivity index (χ0) is 30.3. The molecule has 230 valence electrons. The number of rotatable bonds is 16. The van der Waals surface area contributed by atoms with Crippen molar-refractivity contribution in [1.29, 1.82) is 0 Å². The summed E-state index contributed by atoms with van der Waals surface area (Å²) in [5.74, 6) is 1.30. The molecule has 1 fully saturated rings. The number of carbonyl (C=O) groups excluding carboxylic acids is 2. The lowest BCUT2D eigenvalue weighted by Gasteiger charge is -2.46. The summed E-state index contributed by atoms with van der Waals surface area (Å²) in [6, 6.07) is 0. The molecule has 0 aromatic heterocycles. The zero-order valence-corrected chi connectivity index (χ0v) is 27.0. The second-order valence-corrected chi connectivity index (χ2v) is 11.5. The summed E-state index contributed by atoms with van der Waals surface area (Å²) in [4.78, 5) is 27.2. The van der Waals surface area contributed by atoms with Gasteiger partial charge < -0.3 is 29.4 Å². The number of ether oxygens (including phenoxy) is 4. The third-order valence-corrected chi connectivity index (χ3v) is 8.29. The van der Waals surface area contributed by atoms with E-state index in [9.17, 15) is 14.7 Å². The normalized spacial score (nSPS) is 27.4. The number of esters is 1. The second kappa shape index (κ2) is 18.7. The maximum absolute atomic E-state index is 12.6. The summed E-state index contributed by atoms with van der Waals surface area (Å²) < 4.78 is 22.4. The number of amides is 1. The molecule has 2 N–H and O–H groups in total. The number of hydrogen-bond acceptors (Lipinski definition) is 7. The Morgan fingerprint density at radius 1 is 1.34 bits per heavy atom. The smallest absolute Gasteiger partial charge is 0.334 e. The number of nitrogens with one attached hydrogen (secondary N) is 1. The molecule has 2 aliphatic heterocycles. The summed E-state index contributed by atoms with van der Waals surface area (Å²) in [5, 5.41) is 14.2. The standard InChI is InChI=1S/C31H45BrClNO7/c1-22(13-14-24(20-33)11-6-5-9-15-32)10-7-8-12-29(35)34-21-31(37)23(2)28(39-4)18-27(41-31)17-26-16-25(38-3)19-30(36)40-26/h7,10,19-20,22-23,26-28,37H,5-6,8,11-14,16-18,21H2,1-4H3,(H,34,35)/b10-7+,24-20+/t22-,23-,26-,27-,28+,31+/m0/s1. The fourth-order valence-corrected chi connectivity index (χ4v) is 5.53. The number of methoxy groups -OCH3 is 2. The molecule has 0 spiro atoms. The molecule has 41 heavy (non-hydrogen) atoms. The van der Waals surface area contributed by atoms with Crippen LogP contribution in [0.2, 0.25) is 0 Å². The fourth-order valence-electron chi connectivity index (χ4n) is 5.12. The van der Waals surface area contributed by atoms with Crippen LogP contribution in [0.5, 0.6) is 0 Å². The molecule has 8 nitrogen and oxygen atoms in total. The summed E-state index contributed by atoms with van der Waals surface area (Å²) in [6.07, 6.45) is 11.3. The Hall–Kier alpha value is -1.83. The van der Waals surface area contributed by atoms with E-state index in [4.69, 9.17) is 30.5 Å². The molecule has 2 heterocycles. The number of cyclic esters (lactones) is 1. The maximum Gasteiger partial charge on any atom is 0.334 e. The largest absolute Gasteiger partial charge is 0.501 e. The summed E-state index contributed by atoms with van der Waals surface area (Å²) >= 11 is 9.09. The second-order valence-electron chi connectivity index (χ2n) is 10.8. The molecule has 1 saturated heterocycles. The highest BCUT2D eigenvalue weighted by molar-refractivity contribution is 9.12. The summed E-state index contributed by atoms with van der Waals surface area (Å²) in [5.41, 5.74) is 2.91. The van der Waals surface area contributed by atoms with Crippen molar-refractivity contribution in [1.82, 2.24) is 5.32 Å². The minimum atomic E-state index is -1.61. The first kappa shape index (κ1) is 35.4. The Balaban J connectivity index is 1.78. The molecule has 0 unspecified atom stereocenters. The molecule has 1 amide bonds. The third-order valence-electron chi connectivity index (χ3n) is 7.70. The highest BCUT2D eigenvalue weighted by atomic mass is 79.9. The van der Waals surface area contributed by atoms with Gasteiger partial charge in [-0.3, -0.25) is 4.79 Å². The topological polar surface area (TPSA) is 103 Å². The Morgan fingerprint density at radius 3 is 2.80 bits per heavy atom. The van der Waals surface area contributed by atoms with E-state index in [2.05, 4.69) is 45.0 Å². The molecule has 10 heteroatoms. The van der Waals surface area contributed by atoms with Crippen molar-refractivity contribution in [2.45, 2.75) is 102 Å². The van der Waals surface area contributed by atoms with E-state index in [-0.39, 0.29) is 24.5 Å². The van der Waals surface area contributed by atoms with Gasteiger partial charge in [0.25, 0.3) is 0 Å². The molecular formula is C31H45BrClNO7. The van der Waals surface area contributed by atoms with Gasteiger partial charge in [0.2, 0.25) is 5.91 Å². The minimum Gasteiger partial charge on any atom is -0.501 e. The van der Waals surface area contributed by atoms with E-state index in [0.717, 1.165) is 32.1 Å². The average molecular weight is 659 g/mol. The first-order chi connectivity index (χ1) is 19.6. The predicted octanol–water partition coefficient (Wildman–Crippen LogP) is 5.87. The zero-order valence-electron chi connectivity index (χ0n) is 24.6. The lowest BCUT2D eigenvalue weighted by atomic mass is 9.85. The number of aliphatic hydroxyl groups is 1. The molecule has 0 bridgehead atoms. The summed E-state index contributed by atoms with van der Waals surface area (Å²) in [7, 11) is 3.11. The van der Waals surface area contributed by atoms with Crippen molar-refractivity contribution in [3.8, 4) is 10.8 Å². The van der Waals surface area contributed by atoms with Crippen LogP contribution in [0, 0.1) is 22.6 Å². The van der Waals surface area contributed by atoms with Crippen LogP contribution in [0.15, 0.2) is 35.1 Å². The molecule has 6 atom stereocenters. The van der Waals surface area contributed by atoms with Gasteiger partial charge in [0.05, 0.1) is 31.9 Å². The number of hydrogen-bond donors (Lipinski definition) is 2. The summed E-state index contributed by atoms with van der Waals surface area (Å²) in [6.45, 7) is 3.93. The van der Waals surface area contributed by atoms with Gasteiger partial charge in [-0.2, -0.15) is 0 Å². The van der Waals surface area contributed by atoms with Crippen LogP contribution in [-0.2, 0) is 28.5 Å². The monoisotopic (exact) mass is 657 g/mol. The highest BCUT2D eigenvalue weighted by Gasteiger charge is 2.47. The minimum absolute atomic E-state index is 0.0636. The van der Waals surface area contributed by atoms with E-state index >= 15 is 0 Å². The van der Waals surface area contributed by atoms with E-state index in [0.29, 0.717) is 43.8 Å². The Labute approximate surface area is 258 Å². The van der Waals surface area contributed by atoms with Gasteiger partial charge in [-0.25, -0.2) is 4.79 Å². The Morgan fingerprint density at radius 2 is 2.12 bits per heavy atom. The molecule has 0 radical (unpaired) electrons. The van der Waals surface area contributed by atoms with E-state index < -0.39 is 24.0 Å². The van der Waals surface area contributed by atoms with Gasteiger partial charge in [-0.1, -0.05) is 49.1 Å². The van der Waals surface area contributed by atoms with Gasteiger partial charge in [0.1, 0.15) is 11.9 Å². The third kappa shape index (κ3) is 12.5. The van der Waals surface area contributed by atoms with Crippen LogP contribution in [0.3, 0.4) is 0 Å². The maximum atomic E-state index is 12.6. The number of unbranched alkanes of at least 4 members (excludes halogenated alkanes) is 1. The first-order valence-electron chi connectivity index (χ1n) is 14.3. The van der Waals surface area contributed by atoms with Gasteiger partial charge >= 0.3 is 5.97 Å². The lowest BCUT2D eigenvalue weighted by Crippen LogP contribution is -2.59. The number of carbonyl (C=O) groups is 2. The molecule has 0 aromatic rings. The van der Waals surface area contributed by atoms with Crippen LogP contribution in [0.1, 0.15) is 78.1 Å². The SMILES string of the molecule is COC1=CC(=O)O[C@H](C[C@H]2C[C@@H](OC)[C@H](C)[C@@](O)(CNC(=O)CC/C=C/[C@H](C)CC/C(=C/Cl)CCCC#CBr)O2)C1. The number of allylic oxidation sites excluding steroid dienone is 3. The molecule has 2 rings (SSSR count). The van der Waals surface area contributed by atoms with Gasteiger partial charge in [-0.15, -0.1) is 0 Å². The van der Waals surface area contributed by atoms with E-state index in [1.807, 2.05) is 13.0 Å². The highest BCUT2D eigenvalue weighted by Crippen LogP contribution is 2.36. The predicted molar refractivity (Wildman–Crippen MR) is 163 cm³/mol. The van der Waals surface area contributed by atoms with Crippen molar-refractivity contribution in [3.05, 3.63) is 35.1 Å². The Bertz CT molecular complexity index is 1000.